The Balaban J connectivity index is 1.34. The maximum absolute atomic E-state index is 13.2. The normalized spacial score (nSPS) is 21.7. The van der Waals surface area contributed by atoms with Crippen molar-refractivity contribution in [2.45, 2.75) is 31.6 Å². The lowest BCUT2D eigenvalue weighted by molar-refractivity contribution is -0.143. The molecular formula is C23H24ClF3N6O2. The van der Waals surface area contributed by atoms with Crippen molar-refractivity contribution in [3.8, 4) is 17.6 Å². The number of halogens is 4. The van der Waals surface area contributed by atoms with E-state index in [0.717, 1.165) is 31.6 Å². The van der Waals surface area contributed by atoms with Crippen LogP contribution in [-0.4, -0.2) is 52.2 Å². The number of ether oxygens (including phenoxy) is 2. The number of nitrogens with one attached hydrogen (secondary N) is 1. The molecule has 3 aromatic rings. The molecule has 186 valence electrons. The molecule has 0 spiro atoms. The smallest absolute Gasteiger partial charge is 0.408 e. The molecule has 1 saturated carbocycles. The summed E-state index contributed by atoms with van der Waals surface area (Å²) in [6.45, 7) is 0.276. The summed E-state index contributed by atoms with van der Waals surface area (Å²) in [4.78, 5) is 10.7. The number of fused-ring (bicyclic) bond motifs is 2. The molecule has 5 rings (SSSR count). The molecule has 1 saturated heterocycles. The molecule has 3 heterocycles. The van der Waals surface area contributed by atoms with Crippen molar-refractivity contribution in [3.63, 3.8) is 0 Å². The zero-order valence-electron chi connectivity index (χ0n) is 18.9. The Bertz CT molecular complexity index is 1180. The highest BCUT2D eigenvalue weighted by Gasteiger charge is 2.43. The lowest BCUT2D eigenvalue weighted by Crippen LogP contribution is -2.48. The van der Waals surface area contributed by atoms with E-state index < -0.39 is 12.7 Å². The zero-order valence-corrected chi connectivity index (χ0v) is 19.6. The number of hydrogen-bond donors (Lipinski definition) is 1. The van der Waals surface area contributed by atoms with Gasteiger partial charge in [-0.3, -0.25) is 0 Å². The zero-order chi connectivity index (χ0) is 24.6. The van der Waals surface area contributed by atoms with Crippen molar-refractivity contribution in [3.05, 3.63) is 47.6 Å². The van der Waals surface area contributed by atoms with E-state index in [-0.39, 0.29) is 40.6 Å². The maximum Gasteiger partial charge on any atom is 0.408 e. The van der Waals surface area contributed by atoms with Crippen molar-refractivity contribution in [1.82, 2.24) is 19.7 Å². The molecule has 1 N–H and O–H groups in total. The third-order valence-corrected chi connectivity index (χ3v) is 6.74. The summed E-state index contributed by atoms with van der Waals surface area (Å²) in [5.74, 6) is 1.45. The first kappa shape index (κ1) is 23.5. The second kappa shape index (κ2) is 9.44. The highest BCUT2D eigenvalue weighted by atomic mass is 35.5. The van der Waals surface area contributed by atoms with E-state index in [1.807, 2.05) is 12.1 Å². The summed E-state index contributed by atoms with van der Waals surface area (Å²) in [6, 6.07) is 10.2. The minimum absolute atomic E-state index is 0.0462. The van der Waals surface area contributed by atoms with Crippen molar-refractivity contribution >= 4 is 23.2 Å². The van der Waals surface area contributed by atoms with Gasteiger partial charge in [0.05, 0.1) is 12.1 Å². The maximum atomic E-state index is 13.2. The largest absolute Gasteiger partial charge is 0.481 e. The Kier molecular flexibility index (Phi) is 6.35. The van der Waals surface area contributed by atoms with Gasteiger partial charge in [-0.25, -0.2) is 9.67 Å². The minimum Gasteiger partial charge on any atom is -0.481 e. The van der Waals surface area contributed by atoms with Crippen LogP contribution in [0.2, 0.25) is 5.02 Å². The second-order valence-electron chi connectivity index (χ2n) is 8.75. The predicted molar refractivity (Wildman–Crippen MR) is 124 cm³/mol. The molecule has 1 aromatic carbocycles. The fraction of sp³-hybridized carbons (Fsp3) is 0.435. The molecule has 12 heteroatoms. The summed E-state index contributed by atoms with van der Waals surface area (Å²) in [5, 5.41) is 7.64. The number of methoxy groups -OCH3 is 1. The van der Waals surface area contributed by atoms with E-state index in [4.69, 9.17) is 21.1 Å². The average molecular weight is 509 g/mol. The number of piperidine rings is 1. The first-order valence-corrected chi connectivity index (χ1v) is 11.6. The van der Waals surface area contributed by atoms with Crippen LogP contribution in [0.5, 0.6) is 17.6 Å². The molecule has 2 bridgehead atoms. The summed E-state index contributed by atoms with van der Waals surface area (Å²) in [7, 11) is 1.58. The van der Waals surface area contributed by atoms with E-state index in [0.29, 0.717) is 10.6 Å². The van der Waals surface area contributed by atoms with Crippen LogP contribution in [-0.2, 0) is 6.54 Å². The van der Waals surface area contributed by atoms with Gasteiger partial charge in [-0.2, -0.15) is 18.2 Å². The first-order valence-electron chi connectivity index (χ1n) is 11.2. The highest BCUT2D eigenvalue weighted by molar-refractivity contribution is 6.32. The van der Waals surface area contributed by atoms with E-state index in [1.165, 1.54) is 0 Å². The minimum atomic E-state index is -4.49. The molecule has 1 aliphatic heterocycles. The van der Waals surface area contributed by atoms with Crippen LogP contribution in [0.15, 0.2) is 42.6 Å². The number of benzene rings is 1. The third-order valence-electron chi connectivity index (χ3n) is 6.43. The van der Waals surface area contributed by atoms with Crippen LogP contribution in [0.1, 0.15) is 12.8 Å². The quantitative estimate of drug-likeness (QED) is 0.480. The van der Waals surface area contributed by atoms with Crippen LogP contribution in [0.4, 0.5) is 24.8 Å². The SMILES string of the molecule is COc1cc(N2CC3CCC(C2)C3Nc2nc(Oc3ccccc3Cl)n(CC(F)(F)F)n2)ccn1. The van der Waals surface area contributed by atoms with Gasteiger partial charge in [0.25, 0.3) is 0 Å². The van der Waals surface area contributed by atoms with Crippen molar-refractivity contribution in [2.75, 3.05) is 30.4 Å². The molecule has 0 amide bonds. The highest BCUT2D eigenvalue weighted by Crippen LogP contribution is 2.40. The van der Waals surface area contributed by atoms with Crippen LogP contribution in [0.3, 0.4) is 0 Å². The van der Waals surface area contributed by atoms with Gasteiger partial charge in [-0.15, -0.1) is 5.10 Å². The van der Waals surface area contributed by atoms with Gasteiger partial charge in [-0.05, 0) is 42.9 Å². The van der Waals surface area contributed by atoms with Gasteiger partial charge in [0, 0.05) is 37.1 Å². The Labute approximate surface area is 205 Å². The molecular weight excluding hydrogens is 485 g/mol. The molecule has 0 radical (unpaired) electrons. The molecule has 35 heavy (non-hydrogen) atoms. The summed E-state index contributed by atoms with van der Waals surface area (Å²) in [5.41, 5.74) is 1.04. The average Bonchev–Trinajstić information content (AvgIpc) is 3.28. The molecule has 2 unspecified atom stereocenters. The topological polar surface area (TPSA) is 77.3 Å². The van der Waals surface area contributed by atoms with Gasteiger partial charge in [0.1, 0.15) is 12.3 Å². The number of hydrogen-bond acceptors (Lipinski definition) is 7. The number of alkyl halides is 3. The monoisotopic (exact) mass is 508 g/mol. The van der Waals surface area contributed by atoms with E-state index >= 15 is 0 Å². The summed E-state index contributed by atoms with van der Waals surface area (Å²) < 4.78 is 51.1. The van der Waals surface area contributed by atoms with Gasteiger partial charge >= 0.3 is 12.2 Å². The van der Waals surface area contributed by atoms with Crippen molar-refractivity contribution < 1.29 is 22.6 Å². The van der Waals surface area contributed by atoms with E-state index in [2.05, 4.69) is 25.3 Å². The van der Waals surface area contributed by atoms with Crippen molar-refractivity contribution in [2.24, 2.45) is 11.8 Å². The van der Waals surface area contributed by atoms with Crippen LogP contribution in [0, 0.1) is 11.8 Å². The van der Waals surface area contributed by atoms with Gasteiger partial charge in [0.15, 0.2) is 0 Å². The molecule has 2 atom stereocenters. The lowest BCUT2D eigenvalue weighted by Gasteiger charge is -2.39. The molecule has 2 aromatic heterocycles. The molecule has 1 aliphatic carbocycles. The third kappa shape index (κ3) is 5.24. The number of para-hydroxylation sites is 1. The lowest BCUT2D eigenvalue weighted by atomic mass is 9.92. The van der Waals surface area contributed by atoms with Gasteiger partial charge < -0.3 is 19.7 Å². The Morgan fingerprint density at radius 2 is 1.89 bits per heavy atom. The number of anilines is 2. The standard InChI is InChI=1S/C23H24ClF3N6O2/c1-34-19-10-16(8-9-28-19)32-11-14-6-7-15(12-32)20(14)29-21-30-22(33(31-21)13-23(25,26)27)35-18-5-3-2-4-17(18)24/h2-5,8-10,14-15,20H,6-7,11-13H2,1H3,(H,29,31). The second-order valence-corrected chi connectivity index (χ2v) is 9.16. The Morgan fingerprint density at radius 3 is 2.57 bits per heavy atom. The Hall–Kier alpha value is -3.21. The fourth-order valence-electron chi connectivity index (χ4n) is 4.89. The van der Waals surface area contributed by atoms with Crippen LogP contribution in [0.25, 0.3) is 0 Å². The fourth-order valence-corrected chi connectivity index (χ4v) is 5.06. The summed E-state index contributed by atoms with van der Waals surface area (Å²) >= 11 is 6.12. The number of nitrogens with zero attached hydrogens (tertiary/aromatic N) is 5. The number of pyridine rings is 1. The summed E-state index contributed by atoms with van der Waals surface area (Å²) in [6.07, 6.45) is -0.752. The molecule has 2 aliphatic rings. The number of rotatable bonds is 7. The Morgan fingerprint density at radius 1 is 1.14 bits per heavy atom. The molecule has 2 fully saturated rings. The van der Waals surface area contributed by atoms with E-state index in [1.54, 1.807) is 37.6 Å². The van der Waals surface area contributed by atoms with Gasteiger partial charge in [0.2, 0.25) is 11.8 Å². The molecule has 8 nitrogen and oxygen atoms in total. The first-order chi connectivity index (χ1) is 16.8. The van der Waals surface area contributed by atoms with Gasteiger partial charge in [-0.1, -0.05) is 23.7 Å². The van der Waals surface area contributed by atoms with Crippen LogP contribution < -0.4 is 19.7 Å². The predicted octanol–water partition coefficient (Wildman–Crippen LogP) is 5.02. The van der Waals surface area contributed by atoms with Crippen LogP contribution >= 0.6 is 11.6 Å². The van der Waals surface area contributed by atoms with E-state index in [9.17, 15) is 13.2 Å². The van der Waals surface area contributed by atoms with Crippen molar-refractivity contribution in [1.29, 1.82) is 0 Å². The number of aromatic nitrogens is 4.